The van der Waals surface area contributed by atoms with Gasteiger partial charge in [-0.25, -0.2) is 0 Å². The molecule has 1 aromatic carbocycles. The van der Waals surface area contributed by atoms with Crippen molar-refractivity contribution in [2.75, 3.05) is 38.6 Å². The zero-order valence-corrected chi connectivity index (χ0v) is 15.1. The number of anilines is 1. The predicted octanol–water partition coefficient (Wildman–Crippen LogP) is 2.75. The molecule has 1 N–H and O–H groups in total. The van der Waals surface area contributed by atoms with E-state index in [4.69, 9.17) is 21.4 Å². The van der Waals surface area contributed by atoms with Crippen molar-refractivity contribution < 1.29 is 13.9 Å². The molecule has 6 nitrogen and oxygen atoms in total. The molecule has 25 heavy (non-hydrogen) atoms. The molecule has 2 heterocycles. The van der Waals surface area contributed by atoms with Crippen LogP contribution in [0.1, 0.15) is 16.1 Å². The van der Waals surface area contributed by atoms with Crippen LogP contribution in [0, 0.1) is 6.92 Å². The number of carbonyl (C=O) groups is 1. The Balaban J connectivity index is 1.56. The third-order valence-electron chi connectivity index (χ3n) is 4.26. The van der Waals surface area contributed by atoms with Crippen LogP contribution in [-0.4, -0.2) is 54.1 Å². The van der Waals surface area contributed by atoms with Crippen molar-refractivity contribution in [3.05, 3.63) is 47.9 Å². The molecule has 0 unspecified atom stereocenters. The number of amides is 1. The van der Waals surface area contributed by atoms with Crippen LogP contribution in [0.15, 0.2) is 41.0 Å². The Labute approximate surface area is 152 Å². The van der Waals surface area contributed by atoms with Gasteiger partial charge in [-0.15, -0.1) is 0 Å². The van der Waals surface area contributed by atoms with E-state index in [0.29, 0.717) is 37.1 Å². The second-order valence-electron chi connectivity index (χ2n) is 5.87. The lowest BCUT2D eigenvalue weighted by atomic mass is 10.2. The monoisotopic (exact) mass is 359 g/mol. The molecule has 0 saturated carbocycles. The zero-order chi connectivity index (χ0) is 17.8. The number of hydrogen-bond acceptors (Lipinski definition) is 4. The first-order valence-electron chi connectivity index (χ1n) is 8.12. The van der Waals surface area contributed by atoms with E-state index in [9.17, 15) is 4.79 Å². The largest absolute Gasteiger partial charge is 0.497 e. The number of furan rings is 1. The van der Waals surface area contributed by atoms with Gasteiger partial charge in [-0.2, -0.15) is 0 Å². The van der Waals surface area contributed by atoms with Crippen molar-refractivity contribution in [1.29, 1.82) is 0 Å². The van der Waals surface area contributed by atoms with Gasteiger partial charge in [-0.3, -0.25) is 4.79 Å². The van der Waals surface area contributed by atoms with Gasteiger partial charge in [0, 0.05) is 31.9 Å². The second-order valence-corrected chi connectivity index (χ2v) is 6.25. The summed E-state index contributed by atoms with van der Waals surface area (Å²) in [5.41, 5.74) is 2.02. The SMILES string of the molecule is COc1ccc(NC(=S)N2CCN(C(=O)c3ccco3)CC2)c(C)c1. The van der Waals surface area contributed by atoms with Gasteiger partial charge >= 0.3 is 0 Å². The average Bonchev–Trinajstić information content (AvgIpc) is 3.17. The molecule has 0 aliphatic carbocycles. The van der Waals surface area contributed by atoms with E-state index in [1.165, 1.54) is 6.26 Å². The number of carbonyl (C=O) groups excluding carboxylic acids is 1. The Morgan fingerprint density at radius 2 is 1.92 bits per heavy atom. The van der Waals surface area contributed by atoms with E-state index in [1.54, 1.807) is 24.1 Å². The highest BCUT2D eigenvalue weighted by Crippen LogP contribution is 2.21. The molecule has 0 bridgehead atoms. The van der Waals surface area contributed by atoms with E-state index in [-0.39, 0.29) is 5.91 Å². The fourth-order valence-corrected chi connectivity index (χ4v) is 3.06. The maximum absolute atomic E-state index is 12.3. The molecular weight excluding hydrogens is 338 g/mol. The fourth-order valence-electron chi connectivity index (χ4n) is 2.77. The van der Waals surface area contributed by atoms with E-state index in [0.717, 1.165) is 17.0 Å². The number of ether oxygens (including phenoxy) is 1. The highest BCUT2D eigenvalue weighted by Gasteiger charge is 2.24. The van der Waals surface area contributed by atoms with Gasteiger partial charge in [-0.1, -0.05) is 0 Å². The van der Waals surface area contributed by atoms with E-state index in [1.807, 2.05) is 25.1 Å². The third kappa shape index (κ3) is 3.93. The zero-order valence-electron chi connectivity index (χ0n) is 14.3. The van der Waals surface area contributed by atoms with Gasteiger partial charge in [0.2, 0.25) is 0 Å². The molecule has 0 radical (unpaired) electrons. The van der Waals surface area contributed by atoms with Crippen LogP contribution in [0.4, 0.5) is 5.69 Å². The van der Waals surface area contributed by atoms with Gasteiger partial charge in [0.1, 0.15) is 5.75 Å². The number of thiocarbonyl (C=S) groups is 1. The lowest BCUT2D eigenvalue weighted by Crippen LogP contribution is -2.51. The normalized spacial score (nSPS) is 14.3. The minimum absolute atomic E-state index is 0.0745. The quantitative estimate of drug-likeness (QED) is 0.851. The molecule has 1 amide bonds. The summed E-state index contributed by atoms with van der Waals surface area (Å²) in [6.07, 6.45) is 1.51. The molecule has 1 fully saturated rings. The average molecular weight is 359 g/mol. The molecule has 1 aliphatic heterocycles. The second kappa shape index (κ2) is 7.57. The number of benzene rings is 1. The minimum Gasteiger partial charge on any atom is -0.497 e. The highest BCUT2D eigenvalue weighted by molar-refractivity contribution is 7.80. The van der Waals surface area contributed by atoms with Gasteiger partial charge in [-0.05, 0) is 55.0 Å². The molecule has 3 rings (SSSR count). The topological polar surface area (TPSA) is 58.0 Å². The Bertz CT molecular complexity index is 753. The molecule has 1 aromatic heterocycles. The lowest BCUT2D eigenvalue weighted by Gasteiger charge is -2.36. The Kier molecular flexibility index (Phi) is 5.23. The van der Waals surface area contributed by atoms with Crippen LogP contribution in [0.5, 0.6) is 5.75 Å². The van der Waals surface area contributed by atoms with Crippen LogP contribution in [0.3, 0.4) is 0 Å². The Morgan fingerprint density at radius 1 is 1.20 bits per heavy atom. The first-order chi connectivity index (χ1) is 12.1. The van der Waals surface area contributed by atoms with Crippen molar-refractivity contribution in [1.82, 2.24) is 9.80 Å². The van der Waals surface area contributed by atoms with Crippen molar-refractivity contribution in [3.63, 3.8) is 0 Å². The van der Waals surface area contributed by atoms with Crippen molar-refractivity contribution in [2.24, 2.45) is 0 Å². The summed E-state index contributed by atoms with van der Waals surface area (Å²) in [5.74, 6) is 1.12. The van der Waals surface area contributed by atoms with Crippen molar-refractivity contribution in [3.8, 4) is 5.75 Å². The summed E-state index contributed by atoms with van der Waals surface area (Å²) in [7, 11) is 1.65. The van der Waals surface area contributed by atoms with Crippen LogP contribution in [-0.2, 0) is 0 Å². The molecule has 2 aromatic rings. The lowest BCUT2D eigenvalue weighted by molar-refractivity contribution is 0.0661. The first-order valence-corrected chi connectivity index (χ1v) is 8.52. The van der Waals surface area contributed by atoms with Crippen LogP contribution < -0.4 is 10.1 Å². The van der Waals surface area contributed by atoms with Crippen LogP contribution in [0.25, 0.3) is 0 Å². The number of nitrogens with zero attached hydrogens (tertiary/aromatic N) is 2. The first kappa shape index (κ1) is 17.3. The molecule has 1 aliphatic rings. The number of piperazine rings is 1. The molecule has 1 saturated heterocycles. The van der Waals surface area contributed by atoms with Gasteiger partial charge in [0.05, 0.1) is 13.4 Å². The number of hydrogen-bond donors (Lipinski definition) is 1. The Morgan fingerprint density at radius 3 is 2.52 bits per heavy atom. The predicted molar refractivity (Wildman–Crippen MR) is 100 cm³/mol. The standard InChI is InChI=1S/C18H21N3O3S/c1-13-12-14(23-2)5-6-15(13)19-18(25)21-9-7-20(8-10-21)17(22)16-4-3-11-24-16/h3-6,11-12H,7-10H2,1-2H3,(H,19,25). The third-order valence-corrected chi connectivity index (χ3v) is 4.62. The van der Waals surface area contributed by atoms with Crippen molar-refractivity contribution >= 4 is 28.9 Å². The smallest absolute Gasteiger partial charge is 0.289 e. The fraction of sp³-hybridized carbons (Fsp3) is 0.333. The molecule has 0 spiro atoms. The number of aryl methyl sites for hydroxylation is 1. The Hall–Kier alpha value is -2.54. The van der Waals surface area contributed by atoms with E-state index < -0.39 is 0 Å². The maximum Gasteiger partial charge on any atom is 0.289 e. The summed E-state index contributed by atoms with van der Waals surface area (Å²) >= 11 is 5.52. The number of nitrogens with one attached hydrogen (secondary N) is 1. The van der Waals surface area contributed by atoms with Crippen LogP contribution >= 0.6 is 12.2 Å². The van der Waals surface area contributed by atoms with E-state index >= 15 is 0 Å². The summed E-state index contributed by atoms with van der Waals surface area (Å²) in [4.78, 5) is 16.1. The summed E-state index contributed by atoms with van der Waals surface area (Å²) in [5, 5.41) is 3.95. The summed E-state index contributed by atoms with van der Waals surface area (Å²) < 4.78 is 10.4. The minimum atomic E-state index is -0.0745. The highest BCUT2D eigenvalue weighted by atomic mass is 32.1. The maximum atomic E-state index is 12.3. The van der Waals surface area contributed by atoms with Gasteiger partial charge in [0.15, 0.2) is 10.9 Å². The number of rotatable bonds is 3. The molecular formula is C18H21N3O3S. The van der Waals surface area contributed by atoms with Gasteiger partial charge < -0.3 is 24.3 Å². The van der Waals surface area contributed by atoms with Crippen LogP contribution in [0.2, 0.25) is 0 Å². The molecule has 0 atom stereocenters. The molecule has 132 valence electrons. The summed E-state index contributed by atoms with van der Waals surface area (Å²) in [6.45, 7) is 4.61. The van der Waals surface area contributed by atoms with E-state index in [2.05, 4.69) is 10.2 Å². The molecule has 7 heteroatoms. The summed E-state index contributed by atoms with van der Waals surface area (Å²) in [6, 6.07) is 9.23. The van der Waals surface area contributed by atoms with Gasteiger partial charge in [0.25, 0.3) is 5.91 Å². The number of methoxy groups -OCH3 is 1. The van der Waals surface area contributed by atoms with Crippen molar-refractivity contribution in [2.45, 2.75) is 6.92 Å².